The summed E-state index contributed by atoms with van der Waals surface area (Å²) >= 11 is 0. The van der Waals surface area contributed by atoms with Crippen molar-refractivity contribution in [1.29, 1.82) is 0 Å². The second-order valence-corrected chi connectivity index (χ2v) is 4.89. The number of amides is 1. The molecule has 1 amide bonds. The normalized spacial score (nSPS) is 11.1. The molecule has 5 nitrogen and oxygen atoms in total. The van der Waals surface area contributed by atoms with Crippen molar-refractivity contribution in [2.75, 3.05) is 0 Å². The third kappa shape index (κ3) is 5.19. The molecule has 0 aliphatic carbocycles. The summed E-state index contributed by atoms with van der Waals surface area (Å²) in [4.78, 5) is 25.2. The van der Waals surface area contributed by atoms with Crippen LogP contribution in [-0.2, 0) is 11.3 Å². The van der Waals surface area contributed by atoms with Crippen molar-refractivity contribution in [3.05, 3.63) is 33.7 Å². The third-order valence-corrected chi connectivity index (χ3v) is 1.87. The van der Waals surface area contributed by atoms with Crippen molar-refractivity contribution >= 4 is 6.09 Å². The molecule has 0 atom stereocenters. The topological polar surface area (TPSA) is 71.2 Å². The molecule has 0 radical (unpaired) electrons. The number of carbonyl (C=O) groups excluding carboxylic acids is 1. The van der Waals surface area contributed by atoms with Crippen molar-refractivity contribution in [3.8, 4) is 0 Å². The minimum Gasteiger partial charge on any atom is -0.444 e. The molecule has 0 aliphatic rings. The second-order valence-electron chi connectivity index (χ2n) is 4.89. The van der Waals surface area contributed by atoms with E-state index >= 15 is 0 Å². The number of aromatic amines is 1. The molecule has 0 aromatic carbocycles. The SMILES string of the molecule is Cc1cc(CNC(=O)OC(C)(C)C)cc(=O)[nH]1. The van der Waals surface area contributed by atoms with Gasteiger partial charge in [0.1, 0.15) is 5.60 Å². The number of pyridine rings is 1. The lowest BCUT2D eigenvalue weighted by Gasteiger charge is -2.19. The van der Waals surface area contributed by atoms with Gasteiger partial charge in [-0.2, -0.15) is 0 Å². The number of H-pyrrole nitrogens is 1. The van der Waals surface area contributed by atoms with Crippen molar-refractivity contribution < 1.29 is 9.53 Å². The zero-order valence-electron chi connectivity index (χ0n) is 10.6. The lowest BCUT2D eigenvalue weighted by molar-refractivity contribution is 0.0523. The Morgan fingerprint density at radius 3 is 2.59 bits per heavy atom. The van der Waals surface area contributed by atoms with E-state index in [2.05, 4.69) is 10.3 Å². The molecule has 17 heavy (non-hydrogen) atoms. The summed E-state index contributed by atoms with van der Waals surface area (Å²) < 4.78 is 5.08. The van der Waals surface area contributed by atoms with Gasteiger partial charge in [0.05, 0.1) is 0 Å². The summed E-state index contributed by atoms with van der Waals surface area (Å²) in [5.41, 5.74) is 0.815. The lowest BCUT2D eigenvalue weighted by atomic mass is 10.2. The number of carbonyl (C=O) groups is 1. The first kappa shape index (κ1) is 13.3. The summed E-state index contributed by atoms with van der Waals surface area (Å²) in [7, 11) is 0. The molecule has 1 heterocycles. The molecule has 0 aliphatic heterocycles. The predicted octanol–water partition coefficient (Wildman–Crippen LogP) is 1.71. The smallest absolute Gasteiger partial charge is 0.407 e. The average molecular weight is 238 g/mol. The zero-order valence-corrected chi connectivity index (χ0v) is 10.6. The van der Waals surface area contributed by atoms with E-state index in [0.717, 1.165) is 11.3 Å². The first-order valence-electron chi connectivity index (χ1n) is 5.43. The molecule has 1 rings (SSSR count). The Kier molecular flexibility index (Phi) is 3.93. The number of ether oxygens (including phenoxy) is 1. The summed E-state index contributed by atoms with van der Waals surface area (Å²) in [5.74, 6) is 0. The van der Waals surface area contributed by atoms with Crippen LogP contribution in [0.4, 0.5) is 4.79 Å². The van der Waals surface area contributed by atoms with Crippen LogP contribution in [0, 0.1) is 6.92 Å². The van der Waals surface area contributed by atoms with Gasteiger partial charge in [0.25, 0.3) is 0 Å². The van der Waals surface area contributed by atoms with Crippen LogP contribution < -0.4 is 10.9 Å². The quantitative estimate of drug-likeness (QED) is 0.823. The molecule has 2 N–H and O–H groups in total. The number of aromatic nitrogens is 1. The van der Waals surface area contributed by atoms with Crippen LogP contribution >= 0.6 is 0 Å². The van der Waals surface area contributed by atoms with E-state index in [1.807, 2.05) is 0 Å². The molecule has 0 fully saturated rings. The molecule has 0 saturated carbocycles. The van der Waals surface area contributed by atoms with Gasteiger partial charge in [-0.25, -0.2) is 4.79 Å². The standard InChI is InChI=1S/C12H18N2O3/c1-8-5-9(6-10(15)14-8)7-13-11(16)17-12(2,3)4/h5-6H,7H2,1-4H3,(H,13,16)(H,14,15). The Morgan fingerprint density at radius 2 is 2.06 bits per heavy atom. The highest BCUT2D eigenvalue weighted by Gasteiger charge is 2.15. The van der Waals surface area contributed by atoms with E-state index in [1.54, 1.807) is 33.8 Å². The minimum atomic E-state index is -0.520. The molecule has 0 spiro atoms. The van der Waals surface area contributed by atoms with Crippen LogP contribution in [-0.4, -0.2) is 16.7 Å². The highest BCUT2D eigenvalue weighted by atomic mass is 16.6. The van der Waals surface area contributed by atoms with Gasteiger partial charge < -0.3 is 15.0 Å². The Balaban J connectivity index is 2.56. The van der Waals surface area contributed by atoms with Crippen LogP contribution in [0.3, 0.4) is 0 Å². The van der Waals surface area contributed by atoms with Crippen molar-refractivity contribution in [2.24, 2.45) is 0 Å². The van der Waals surface area contributed by atoms with Gasteiger partial charge in [-0.15, -0.1) is 0 Å². The molecule has 1 aromatic rings. The number of aryl methyl sites for hydroxylation is 1. The molecule has 0 unspecified atom stereocenters. The van der Waals surface area contributed by atoms with Crippen LogP contribution in [0.2, 0.25) is 0 Å². The maximum absolute atomic E-state index is 11.4. The third-order valence-electron chi connectivity index (χ3n) is 1.87. The van der Waals surface area contributed by atoms with Gasteiger partial charge in [-0.3, -0.25) is 4.79 Å². The molecule has 0 saturated heterocycles. The molecular formula is C12H18N2O3. The van der Waals surface area contributed by atoms with E-state index < -0.39 is 11.7 Å². The second kappa shape index (κ2) is 5.03. The Labute approximate surface area is 100 Å². The molecule has 5 heteroatoms. The predicted molar refractivity (Wildman–Crippen MR) is 64.9 cm³/mol. The first-order valence-corrected chi connectivity index (χ1v) is 5.43. The average Bonchev–Trinajstić information content (AvgIpc) is 2.10. The first-order chi connectivity index (χ1) is 7.76. The van der Waals surface area contributed by atoms with Gasteiger partial charge in [0.15, 0.2) is 0 Å². The van der Waals surface area contributed by atoms with Gasteiger partial charge >= 0.3 is 6.09 Å². The lowest BCUT2D eigenvalue weighted by Crippen LogP contribution is -2.32. The van der Waals surface area contributed by atoms with E-state index in [-0.39, 0.29) is 12.1 Å². The molecular weight excluding hydrogens is 220 g/mol. The molecule has 94 valence electrons. The highest BCUT2D eigenvalue weighted by molar-refractivity contribution is 5.67. The monoisotopic (exact) mass is 238 g/mol. The van der Waals surface area contributed by atoms with E-state index in [9.17, 15) is 9.59 Å². The maximum atomic E-state index is 11.4. The van der Waals surface area contributed by atoms with Crippen molar-refractivity contribution in [3.63, 3.8) is 0 Å². The summed E-state index contributed by atoms with van der Waals surface area (Å²) in [5, 5.41) is 2.60. The summed E-state index contributed by atoms with van der Waals surface area (Å²) in [6.07, 6.45) is -0.490. The Hall–Kier alpha value is -1.78. The number of rotatable bonds is 2. The number of nitrogens with one attached hydrogen (secondary N) is 2. The highest BCUT2D eigenvalue weighted by Crippen LogP contribution is 2.06. The fourth-order valence-corrected chi connectivity index (χ4v) is 1.35. The Bertz CT molecular complexity index is 458. The summed E-state index contributed by atoms with van der Waals surface area (Å²) in [6.45, 7) is 7.45. The van der Waals surface area contributed by atoms with E-state index in [1.165, 1.54) is 6.07 Å². The van der Waals surface area contributed by atoms with E-state index in [0.29, 0.717) is 0 Å². The largest absolute Gasteiger partial charge is 0.444 e. The van der Waals surface area contributed by atoms with Gasteiger partial charge in [-0.05, 0) is 39.3 Å². The number of alkyl carbamates (subject to hydrolysis) is 1. The van der Waals surface area contributed by atoms with Gasteiger partial charge in [0.2, 0.25) is 5.56 Å². The van der Waals surface area contributed by atoms with Crippen LogP contribution in [0.5, 0.6) is 0 Å². The molecule has 0 bridgehead atoms. The fourth-order valence-electron chi connectivity index (χ4n) is 1.35. The minimum absolute atomic E-state index is 0.175. The van der Waals surface area contributed by atoms with Crippen LogP contribution in [0.15, 0.2) is 16.9 Å². The maximum Gasteiger partial charge on any atom is 0.407 e. The van der Waals surface area contributed by atoms with Gasteiger partial charge in [-0.1, -0.05) is 0 Å². The number of hydrogen-bond acceptors (Lipinski definition) is 3. The fraction of sp³-hybridized carbons (Fsp3) is 0.500. The van der Waals surface area contributed by atoms with Crippen LogP contribution in [0.1, 0.15) is 32.0 Å². The zero-order chi connectivity index (χ0) is 13.1. The summed E-state index contributed by atoms with van der Waals surface area (Å²) in [6, 6.07) is 3.25. The van der Waals surface area contributed by atoms with Crippen molar-refractivity contribution in [2.45, 2.75) is 39.8 Å². The molecule has 1 aromatic heterocycles. The number of hydrogen-bond donors (Lipinski definition) is 2. The Morgan fingerprint density at radius 1 is 1.41 bits per heavy atom. The van der Waals surface area contributed by atoms with Crippen LogP contribution in [0.25, 0.3) is 0 Å². The van der Waals surface area contributed by atoms with Crippen molar-refractivity contribution in [1.82, 2.24) is 10.3 Å². The van der Waals surface area contributed by atoms with E-state index in [4.69, 9.17) is 4.74 Å². The van der Waals surface area contributed by atoms with Gasteiger partial charge in [0, 0.05) is 18.3 Å².